The molecule has 0 nitrogen and oxygen atoms in total. The van der Waals surface area contributed by atoms with Crippen LogP contribution in [0.15, 0.2) is 22.8 Å². The second-order valence-corrected chi connectivity index (χ2v) is 12.8. The molecular weight excluding hydrogens is 360 g/mol. The van der Waals surface area contributed by atoms with Gasteiger partial charge in [0, 0.05) is 0 Å². The third-order valence-electron chi connectivity index (χ3n) is 11.0. The molecule has 7 unspecified atom stereocenters. The zero-order valence-electron chi connectivity index (χ0n) is 21.3. The average molecular weight is 411 g/mol. The van der Waals surface area contributed by atoms with Gasteiger partial charge in [0.05, 0.1) is 0 Å². The molecule has 0 aromatic carbocycles. The van der Waals surface area contributed by atoms with Crippen molar-refractivity contribution in [3.05, 3.63) is 22.8 Å². The van der Waals surface area contributed by atoms with Crippen LogP contribution >= 0.6 is 0 Å². The fraction of sp³-hybridized carbons (Fsp3) is 0.867. The van der Waals surface area contributed by atoms with Crippen LogP contribution in [-0.2, 0) is 0 Å². The first-order chi connectivity index (χ1) is 14.2. The third-order valence-corrected chi connectivity index (χ3v) is 11.0. The first-order valence-corrected chi connectivity index (χ1v) is 13.6. The lowest BCUT2D eigenvalue weighted by Gasteiger charge is -2.57. The minimum atomic E-state index is 0.508. The third kappa shape index (κ3) is 3.67. The van der Waals surface area contributed by atoms with Crippen molar-refractivity contribution in [2.75, 3.05) is 0 Å². The maximum atomic E-state index is 2.74. The molecule has 170 valence electrons. The molecule has 4 rings (SSSR count). The van der Waals surface area contributed by atoms with Crippen molar-refractivity contribution in [1.82, 2.24) is 0 Å². The van der Waals surface area contributed by atoms with Gasteiger partial charge in [0.2, 0.25) is 0 Å². The molecule has 0 amide bonds. The summed E-state index contributed by atoms with van der Waals surface area (Å²) in [6, 6.07) is 0. The number of rotatable bonds is 5. The molecule has 0 N–H and O–H groups in total. The summed E-state index contributed by atoms with van der Waals surface area (Å²) in [5.41, 5.74) is 6.58. The van der Waals surface area contributed by atoms with E-state index in [2.05, 4.69) is 54.5 Å². The molecule has 3 saturated carbocycles. The Balaban J connectivity index is 1.54. The molecular formula is C30H50. The Morgan fingerprint density at radius 2 is 1.77 bits per heavy atom. The van der Waals surface area contributed by atoms with E-state index in [-0.39, 0.29) is 0 Å². The first-order valence-electron chi connectivity index (χ1n) is 13.6. The Labute approximate surface area is 188 Å². The van der Waals surface area contributed by atoms with E-state index in [4.69, 9.17) is 0 Å². The van der Waals surface area contributed by atoms with Crippen LogP contribution < -0.4 is 0 Å². The Hall–Kier alpha value is -0.520. The second kappa shape index (κ2) is 8.44. The van der Waals surface area contributed by atoms with Gasteiger partial charge < -0.3 is 0 Å². The van der Waals surface area contributed by atoms with Gasteiger partial charge in [0.15, 0.2) is 0 Å². The summed E-state index contributed by atoms with van der Waals surface area (Å²) in [7, 11) is 0. The predicted octanol–water partition coefficient (Wildman–Crippen LogP) is 9.36. The smallest absolute Gasteiger partial charge is 0.00825 e. The molecule has 7 atom stereocenters. The number of fused-ring (bicyclic) bond motifs is 5. The van der Waals surface area contributed by atoms with Gasteiger partial charge >= 0.3 is 0 Å². The van der Waals surface area contributed by atoms with Crippen LogP contribution in [-0.4, -0.2) is 0 Å². The lowest BCUT2D eigenvalue weighted by molar-refractivity contribution is -0.0176. The molecule has 0 bridgehead atoms. The summed E-state index contributed by atoms with van der Waals surface area (Å²) < 4.78 is 0. The lowest BCUT2D eigenvalue weighted by atomic mass is 9.47. The number of hydrogen-bond acceptors (Lipinski definition) is 0. The van der Waals surface area contributed by atoms with Gasteiger partial charge in [0.1, 0.15) is 0 Å². The summed E-state index contributed by atoms with van der Waals surface area (Å²) in [5, 5.41) is 0. The molecule has 0 aromatic rings. The minimum absolute atomic E-state index is 0.508. The lowest BCUT2D eigenvalue weighted by Crippen LogP contribution is -2.49. The Bertz CT molecular complexity index is 693. The fourth-order valence-corrected chi connectivity index (χ4v) is 8.92. The maximum absolute atomic E-state index is 2.74. The van der Waals surface area contributed by atoms with Crippen LogP contribution in [0.3, 0.4) is 0 Å². The zero-order valence-corrected chi connectivity index (χ0v) is 21.3. The molecule has 4 aliphatic carbocycles. The molecule has 0 heteroatoms. The molecule has 0 heterocycles. The number of hydrogen-bond donors (Lipinski definition) is 0. The summed E-state index contributed by atoms with van der Waals surface area (Å²) >= 11 is 0. The predicted molar refractivity (Wildman–Crippen MR) is 131 cm³/mol. The second-order valence-electron chi connectivity index (χ2n) is 12.8. The average Bonchev–Trinajstić information content (AvgIpc) is 3.06. The largest absolute Gasteiger partial charge is 0.0845 e. The van der Waals surface area contributed by atoms with Crippen molar-refractivity contribution in [3.63, 3.8) is 0 Å². The summed E-state index contributed by atoms with van der Waals surface area (Å²) in [6.45, 7) is 17.6. The minimum Gasteiger partial charge on any atom is -0.0845 e. The van der Waals surface area contributed by atoms with Gasteiger partial charge in [-0.15, -0.1) is 0 Å². The van der Waals surface area contributed by atoms with Crippen LogP contribution in [0.25, 0.3) is 0 Å². The highest BCUT2D eigenvalue weighted by Gasteiger charge is 2.57. The fourth-order valence-electron chi connectivity index (χ4n) is 8.92. The molecule has 4 aliphatic rings. The Morgan fingerprint density at radius 1 is 1.07 bits per heavy atom. The van der Waals surface area contributed by atoms with Crippen molar-refractivity contribution in [2.45, 2.75) is 119 Å². The highest BCUT2D eigenvalue weighted by atomic mass is 14.6. The quantitative estimate of drug-likeness (QED) is 0.396. The van der Waals surface area contributed by atoms with E-state index in [9.17, 15) is 0 Å². The molecule has 0 saturated heterocycles. The van der Waals surface area contributed by atoms with E-state index < -0.39 is 0 Å². The molecule has 0 aromatic heterocycles. The van der Waals surface area contributed by atoms with Gasteiger partial charge in [-0.2, -0.15) is 0 Å². The van der Waals surface area contributed by atoms with Crippen LogP contribution in [0.2, 0.25) is 0 Å². The summed E-state index contributed by atoms with van der Waals surface area (Å²) in [5.74, 6) is 5.51. The van der Waals surface area contributed by atoms with Crippen molar-refractivity contribution in [3.8, 4) is 0 Å². The highest BCUT2D eigenvalue weighted by molar-refractivity contribution is 5.31. The standard InChI is InChI=1S/C30H50/c1-8-23(20(2)3)10-9-22(5)26-13-14-27-25-12-11-24-19-21(4)15-17-29(24,6)28(25)16-18-30(26,27)7/h11,20-21,23,25,27-28H,8-10,12-19H2,1-7H3/b26-22+. The maximum Gasteiger partial charge on any atom is -0.00825 e. The van der Waals surface area contributed by atoms with Crippen LogP contribution in [0.5, 0.6) is 0 Å². The van der Waals surface area contributed by atoms with E-state index in [0.29, 0.717) is 10.8 Å². The van der Waals surface area contributed by atoms with Crippen molar-refractivity contribution >= 4 is 0 Å². The number of allylic oxidation sites excluding steroid dienone is 4. The zero-order chi connectivity index (χ0) is 21.7. The van der Waals surface area contributed by atoms with Crippen molar-refractivity contribution in [2.24, 2.45) is 46.3 Å². The Kier molecular flexibility index (Phi) is 6.38. The summed E-state index contributed by atoms with van der Waals surface area (Å²) in [6.07, 6.45) is 18.4. The van der Waals surface area contributed by atoms with Gasteiger partial charge in [-0.3, -0.25) is 0 Å². The summed E-state index contributed by atoms with van der Waals surface area (Å²) in [4.78, 5) is 0. The molecule has 30 heavy (non-hydrogen) atoms. The monoisotopic (exact) mass is 410 g/mol. The van der Waals surface area contributed by atoms with Gasteiger partial charge in [-0.05, 0) is 117 Å². The molecule has 0 spiro atoms. The van der Waals surface area contributed by atoms with Gasteiger partial charge in [-0.25, -0.2) is 0 Å². The van der Waals surface area contributed by atoms with Gasteiger partial charge in [0.25, 0.3) is 0 Å². The van der Waals surface area contributed by atoms with Crippen LogP contribution in [0.4, 0.5) is 0 Å². The van der Waals surface area contributed by atoms with Gasteiger partial charge in [-0.1, -0.05) is 70.8 Å². The highest BCUT2D eigenvalue weighted by Crippen LogP contribution is 2.66. The van der Waals surface area contributed by atoms with E-state index in [0.717, 1.165) is 35.5 Å². The van der Waals surface area contributed by atoms with Crippen molar-refractivity contribution < 1.29 is 0 Å². The first kappa shape index (κ1) is 22.7. The van der Waals surface area contributed by atoms with E-state index >= 15 is 0 Å². The molecule has 0 radical (unpaired) electrons. The molecule has 0 aliphatic heterocycles. The van der Waals surface area contributed by atoms with Crippen LogP contribution in [0.1, 0.15) is 119 Å². The Morgan fingerprint density at radius 3 is 2.47 bits per heavy atom. The van der Waals surface area contributed by atoms with E-state index in [1.165, 1.54) is 70.6 Å². The molecule has 3 fully saturated rings. The van der Waals surface area contributed by atoms with E-state index in [1.807, 2.05) is 11.1 Å². The van der Waals surface area contributed by atoms with E-state index in [1.54, 1.807) is 5.57 Å². The van der Waals surface area contributed by atoms with Crippen molar-refractivity contribution in [1.29, 1.82) is 0 Å². The normalized spacial score (nSPS) is 43.5. The SMILES string of the molecule is CCC(CC/C(C)=C1\CCC2C3CC=C4CC(C)CCC4(C)C3CCC12C)C(C)C. The topological polar surface area (TPSA) is 0 Å². The van der Waals surface area contributed by atoms with Crippen LogP contribution in [0, 0.1) is 46.3 Å².